The molecule has 0 spiro atoms. The second-order valence-electron chi connectivity index (χ2n) is 6.00. The smallest absolute Gasteiger partial charge is 0.339 e. The van der Waals surface area contributed by atoms with Crippen LogP contribution >= 0.6 is 0 Å². The molecule has 0 saturated carbocycles. The fourth-order valence-corrected chi connectivity index (χ4v) is 4.39. The summed E-state index contributed by atoms with van der Waals surface area (Å²) in [5.74, 6) is -0.797. The van der Waals surface area contributed by atoms with Crippen LogP contribution in [0, 0.1) is 0 Å². The first-order valence-electron chi connectivity index (χ1n) is 8.16. The maximum atomic E-state index is 12.5. The van der Waals surface area contributed by atoms with Crippen molar-refractivity contribution in [2.45, 2.75) is 12.5 Å². The Labute approximate surface area is 156 Å². The molecule has 1 aromatic heterocycles. The average Bonchev–Trinajstić information content (AvgIpc) is 3.00. The number of rotatable bonds is 5. The van der Waals surface area contributed by atoms with Gasteiger partial charge in [0.15, 0.2) is 9.84 Å². The minimum Gasteiger partial charge on any atom is -0.465 e. The third kappa shape index (κ3) is 4.59. The van der Waals surface area contributed by atoms with Crippen LogP contribution < -0.4 is 10.6 Å². The number of anilines is 2. The number of para-hydroxylation sites is 1. The van der Waals surface area contributed by atoms with Crippen LogP contribution in [0.25, 0.3) is 0 Å². The Bertz CT molecular complexity index is 977. The SMILES string of the molecule is COC(=O)c1ccccc1NC(=O)c1ccnc(NC2CCS(=O)(=O)C2)n1. The first-order chi connectivity index (χ1) is 12.9. The standard InChI is InChI=1S/C17H18N4O5S/c1-26-16(23)12-4-2-3-5-13(12)20-15(22)14-6-8-18-17(21-14)19-11-7-9-27(24,25)10-11/h2-6,8,11H,7,9-10H2,1H3,(H,20,22)(H,18,19,21). The predicted octanol–water partition coefficient (Wildman–Crippen LogP) is 1.11. The van der Waals surface area contributed by atoms with Crippen molar-refractivity contribution >= 4 is 33.3 Å². The van der Waals surface area contributed by atoms with Crippen molar-refractivity contribution in [2.24, 2.45) is 0 Å². The second-order valence-corrected chi connectivity index (χ2v) is 8.23. The van der Waals surface area contributed by atoms with Crippen LogP contribution in [0.2, 0.25) is 0 Å². The first-order valence-corrected chi connectivity index (χ1v) is 9.99. The molecule has 0 radical (unpaired) electrons. The van der Waals surface area contributed by atoms with Crippen LogP contribution in [-0.4, -0.2) is 54.9 Å². The number of benzene rings is 1. The molecule has 142 valence electrons. The van der Waals surface area contributed by atoms with Gasteiger partial charge in [0.25, 0.3) is 5.91 Å². The van der Waals surface area contributed by atoms with E-state index in [2.05, 4.69) is 20.6 Å². The van der Waals surface area contributed by atoms with Gasteiger partial charge in [-0.05, 0) is 24.6 Å². The lowest BCUT2D eigenvalue weighted by atomic mass is 10.1. The molecule has 1 amide bonds. The number of carbonyl (C=O) groups is 2. The summed E-state index contributed by atoms with van der Waals surface area (Å²) >= 11 is 0. The molecule has 0 bridgehead atoms. The Balaban J connectivity index is 1.74. The summed E-state index contributed by atoms with van der Waals surface area (Å²) in [7, 11) is -1.78. The molecule has 1 fully saturated rings. The molecule has 1 atom stereocenters. The molecule has 2 aromatic rings. The normalized spacial score (nSPS) is 17.9. The third-order valence-corrected chi connectivity index (χ3v) is 5.80. The molecular weight excluding hydrogens is 372 g/mol. The van der Waals surface area contributed by atoms with Gasteiger partial charge in [0.2, 0.25) is 5.95 Å². The number of hydrogen-bond acceptors (Lipinski definition) is 8. The summed E-state index contributed by atoms with van der Waals surface area (Å²) < 4.78 is 27.8. The van der Waals surface area contributed by atoms with E-state index in [1.807, 2.05) is 0 Å². The molecule has 3 rings (SSSR count). The second kappa shape index (κ2) is 7.70. The maximum Gasteiger partial charge on any atom is 0.339 e. The molecule has 1 saturated heterocycles. The average molecular weight is 390 g/mol. The molecule has 9 nitrogen and oxygen atoms in total. The number of nitrogens with zero attached hydrogens (tertiary/aromatic N) is 2. The fourth-order valence-electron chi connectivity index (χ4n) is 2.71. The fraction of sp³-hybridized carbons (Fsp3) is 0.294. The summed E-state index contributed by atoms with van der Waals surface area (Å²) in [6.07, 6.45) is 1.87. The third-order valence-electron chi connectivity index (χ3n) is 4.03. The molecule has 0 aliphatic carbocycles. The summed E-state index contributed by atoms with van der Waals surface area (Å²) in [6.45, 7) is 0. The lowest BCUT2D eigenvalue weighted by molar-refractivity contribution is 0.0602. The Morgan fingerprint density at radius 1 is 1.22 bits per heavy atom. The number of sulfone groups is 1. The molecular formula is C17H18N4O5S. The van der Waals surface area contributed by atoms with Crippen LogP contribution in [0.15, 0.2) is 36.5 Å². The highest BCUT2D eigenvalue weighted by atomic mass is 32.2. The minimum absolute atomic E-state index is 0.0132. The molecule has 27 heavy (non-hydrogen) atoms. The van der Waals surface area contributed by atoms with Crippen LogP contribution in [0.3, 0.4) is 0 Å². The van der Waals surface area contributed by atoms with E-state index in [1.54, 1.807) is 18.2 Å². The lowest BCUT2D eigenvalue weighted by Crippen LogP contribution is -2.23. The monoisotopic (exact) mass is 390 g/mol. The molecule has 1 aliphatic heterocycles. The molecule has 2 heterocycles. The van der Waals surface area contributed by atoms with Gasteiger partial charge in [0.05, 0.1) is 29.9 Å². The molecule has 1 aromatic carbocycles. The number of nitrogens with one attached hydrogen (secondary N) is 2. The van der Waals surface area contributed by atoms with E-state index in [4.69, 9.17) is 4.74 Å². The number of aromatic nitrogens is 2. The van der Waals surface area contributed by atoms with Crippen molar-refractivity contribution in [3.8, 4) is 0 Å². The summed E-state index contributed by atoms with van der Waals surface area (Å²) in [5, 5.41) is 5.56. The Morgan fingerprint density at radius 2 is 2.00 bits per heavy atom. The topological polar surface area (TPSA) is 127 Å². The molecule has 1 aliphatic rings. The molecule has 10 heteroatoms. The summed E-state index contributed by atoms with van der Waals surface area (Å²) in [6, 6.07) is 7.59. The van der Waals surface area contributed by atoms with Gasteiger partial charge >= 0.3 is 5.97 Å². The van der Waals surface area contributed by atoms with E-state index in [0.717, 1.165) is 0 Å². The maximum absolute atomic E-state index is 12.5. The number of carbonyl (C=O) groups excluding carboxylic acids is 2. The van der Waals surface area contributed by atoms with Gasteiger partial charge in [-0.2, -0.15) is 0 Å². The van der Waals surface area contributed by atoms with Crippen molar-refractivity contribution < 1.29 is 22.7 Å². The van der Waals surface area contributed by atoms with Gasteiger partial charge < -0.3 is 15.4 Å². The summed E-state index contributed by atoms with van der Waals surface area (Å²) in [4.78, 5) is 32.4. The van der Waals surface area contributed by atoms with Crippen molar-refractivity contribution in [1.29, 1.82) is 0 Å². The zero-order valence-corrected chi connectivity index (χ0v) is 15.3. The Hall–Kier alpha value is -3.01. The van der Waals surface area contributed by atoms with E-state index >= 15 is 0 Å². The Morgan fingerprint density at radius 3 is 2.70 bits per heavy atom. The number of methoxy groups -OCH3 is 1. The first kappa shape index (κ1) is 18.8. The van der Waals surface area contributed by atoms with Crippen molar-refractivity contribution in [3.63, 3.8) is 0 Å². The van der Waals surface area contributed by atoms with Crippen LogP contribution in [0.5, 0.6) is 0 Å². The van der Waals surface area contributed by atoms with Gasteiger partial charge in [-0.25, -0.2) is 23.2 Å². The molecule has 2 N–H and O–H groups in total. The van der Waals surface area contributed by atoms with E-state index in [1.165, 1.54) is 25.4 Å². The van der Waals surface area contributed by atoms with E-state index < -0.39 is 21.7 Å². The number of amides is 1. The van der Waals surface area contributed by atoms with E-state index in [9.17, 15) is 18.0 Å². The largest absolute Gasteiger partial charge is 0.465 e. The number of hydrogen-bond donors (Lipinski definition) is 2. The van der Waals surface area contributed by atoms with Crippen molar-refractivity contribution in [3.05, 3.63) is 47.8 Å². The minimum atomic E-state index is -3.04. The zero-order chi connectivity index (χ0) is 19.4. The highest BCUT2D eigenvalue weighted by Crippen LogP contribution is 2.18. The van der Waals surface area contributed by atoms with Gasteiger partial charge in [-0.3, -0.25) is 4.79 Å². The quantitative estimate of drug-likeness (QED) is 0.727. The highest BCUT2D eigenvalue weighted by Gasteiger charge is 2.28. The van der Waals surface area contributed by atoms with Crippen molar-refractivity contribution in [2.75, 3.05) is 29.2 Å². The van der Waals surface area contributed by atoms with Crippen LogP contribution in [0.4, 0.5) is 11.6 Å². The van der Waals surface area contributed by atoms with Crippen molar-refractivity contribution in [1.82, 2.24) is 9.97 Å². The van der Waals surface area contributed by atoms with Gasteiger partial charge in [0, 0.05) is 12.2 Å². The highest BCUT2D eigenvalue weighted by molar-refractivity contribution is 7.91. The Kier molecular flexibility index (Phi) is 5.36. The zero-order valence-electron chi connectivity index (χ0n) is 14.5. The van der Waals surface area contributed by atoms with Gasteiger partial charge in [-0.15, -0.1) is 0 Å². The van der Waals surface area contributed by atoms with Crippen LogP contribution in [0.1, 0.15) is 27.3 Å². The molecule has 1 unspecified atom stereocenters. The lowest BCUT2D eigenvalue weighted by Gasteiger charge is -2.12. The summed E-state index contributed by atoms with van der Waals surface area (Å²) in [5.41, 5.74) is 0.592. The van der Waals surface area contributed by atoms with Crippen LogP contribution in [-0.2, 0) is 14.6 Å². The number of ether oxygens (including phenoxy) is 1. The van der Waals surface area contributed by atoms with E-state index in [0.29, 0.717) is 12.1 Å². The van der Waals surface area contributed by atoms with E-state index in [-0.39, 0.29) is 34.8 Å². The van der Waals surface area contributed by atoms with Gasteiger partial charge in [0.1, 0.15) is 5.69 Å². The predicted molar refractivity (Wildman–Crippen MR) is 98.4 cm³/mol. The van der Waals surface area contributed by atoms with Gasteiger partial charge in [-0.1, -0.05) is 12.1 Å². The number of esters is 1.